The van der Waals surface area contributed by atoms with Crippen LogP contribution in [0.15, 0.2) is 51.7 Å². The predicted molar refractivity (Wildman–Crippen MR) is 105 cm³/mol. The molecule has 0 radical (unpaired) electrons. The summed E-state index contributed by atoms with van der Waals surface area (Å²) in [5.41, 5.74) is 8.57. The molecule has 3 aromatic rings. The van der Waals surface area contributed by atoms with Gasteiger partial charge in [0.2, 0.25) is 5.88 Å². The maximum absolute atomic E-state index is 11.5. The minimum atomic E-state index is -0.707. The molecule has 0 aliphatic rings. The molecule has 2 aromatic carbocycles. The van der Waals surface area contributed by atoms with E-state index in [1.54, 1.807) is 12.1 Å². The predicted octanol–water partition coefficient (Wildman–Crippen LogP) is 2.41. The van der Waals surface area contributed by atoms with Crippen LogP contribution in [0, 0.1) is 6.92 Å². The van der Waals surface area contributed by atoms with Gasteiger partial charge in [0.1, 0.15) is 17.5 Å². The van der Waals surface area contributed by atoms with Gasteiger partial charge in [-0.1, -0.05) is 18.2 Å². The third-order valence-corrected chi connectivity index (χ3v) is 4.48. The average molecular weight is 398 g/mol. The van der Waals surface area contributed by atoms with Crippen molar-refractivity contribution in [2.45, 2.75) is 25.8 Å². The highest BCUT2D eigenvalue weighted by Crippen LogP contribution is 2.26. The first-order valence-corrected chi connectivity index (χ1v) is 8.96. The summed E-state index contributed by atoms with van der Waals surface area (Å²) in [7, 11) is 1.31. The van der Waals surface area contributed by atoms with E-state index in [1.807, 2.05) is 37.3 Å². The summed E-state index contributed by atoms with van der Waals surface area (Å²) in [6.45, 7) is 1.92. The van der Waals surface area contributed by atoms with Crippen LogP contribution >= 0.6 is 0 Å². The van der Waals surface area contributed by atoms with Crippen molar-refractivity contribution in [3.8, 4) is 17.4 Å². The molecule has 1 aromatic heterocycles. The molecule has 0 amide bonds. The van der Waals surface area contributed by atoms with Crippen LogP contribution < -0.4 is 16.2 Å². The highest BCUT2D eigenvalue weighted by molar-refractivity contribution is 5.75. The van der Waals surface area contributed by atoms with E-state index in [-0.39, 0.29) is 18.1 Å². The number of ether oxygens (including phenoxy) is 2. The van der Waals surface area contributed by atoms with Crippen LogP contribution in [0.1, 0.15) is 22.5 Å². The molecule has 1 unspecified atom stereocenters. The standard InChI is InChI=1S/C21H22N2O6/c1-12-9-16(8-5-14(12)11-17(22)20(25)27-2)28-15-6-3-13(4-7-15)10-18-19(24)23-21(26)29-18/h3-9,17,24H,10-11,22H2,1-2H3,(H,23,26). The molecular formula is C21H22N2O6. The smallest absolute Gasteiger partial charge is 0.419 e. The molecule has 8 nitrogen and oxygen atoms in total. The van der Waals surface area contributed by atoms with Crippen LogP contribution in [0.25, 0.3) is 0 Å². The number of benzene rings is 2. The quantitative estimate of drug-likeness (QED) is 0.521. The van der Waals surface area contributed by atoms with Crippen molar-refractivity contribution >= 4 is 5.97 Å². The number of nitrogens with two attached hydrogens (primary N) is 1. The van der Waals surface area contributed by atoms with Crippen molar-refractivity contribution in [1.29, 1.82) is 0 Å². The first kappa shape index (κ1) is 20.2. The SMILES string of the molecule is COC(=O)C(N)Cc1ccc(Oc2ccc(Cc3oc(=O)[nH]c3O)cc2)cc1C. The monoisotopic (exact) mass is 398 g/mol. The molecule has 0 saturated carbocycles. The second-order valence-corrected chi connectivity index (χ2v) is 6.63. The van der Waals surface area contributed by atoms with Gasteiger partial charge in [-0.3, -0.25) is 9.78 Å². The molecule has 0 aliphatic heterocycles. The van der Waals surface area contributed by atoms with Gasteiger partial charge in [-0.15, -0.1) is 0 Å². The van der Waals surface area contributed by atoms with E-state index in [1.165, 1.54) is 7.11 Å². The lowest BCUT2D eigenvalue weighted by Gasteiger charge is -2.13. The van der Waals surface area contributed by atoms with Crippen LogP contribution in [0.2, 0.25) is 0 Å². The van der Waals surface area contributed by atoms with Crippen LogP contribution in [0.4, 0.5) is 0 Å². The van der Waals surface area contributed by atoms with Crippen LogP contribution in [-0.4, -0.2) is 29.2 Å². The largest absolute Gasteiger partial charge is 0.492 e. The zero-order chi connectivity index (χ0) is 21.0. The summed E-state index contributed by atoms with van der Waals surface area (Å²) in [5, 5.41) is 9.58. The number of aryl methyl sites for hydroxylation is 1. The number of hydrogen-bond acceptors (Lipinski definition) is 7. The van der Waals surface area contributed by atoms with E-state index in [4.69, 9.17) is 14.9 Å². The molecule has 0 fully saturated rings. The van der Waals surface area contributed by atoms with Gasteiger partial charge in [-0.05, 0) is 54.3 Å². The zero-order valence-electron chi connectivity index (χ0n) is 16.1. The third-order valence-electron chi connectivity index (χ3n) is 4.48. The molecule has 4 N–H and O–H groups in total. The Hall–Kier alpha value is -3.52. The summed E-state index contributed by atoms with van der Waals surface area (Å²) in [6, 6.07) is 12.1. The number of oxazole rings is 1. The van der Waals surface area contributed by atoms with Gasteiger partial charge in [-0.2, -0.15) is 0 Å². The number of rotatable bonds is 7. The van der Waals surface area contributed by atoms with E-state index in [0.29, 0.717) is 17.9 Å². The molecule has 0 bridgehead atoms. The van der Waals surface area contributed by atoms with E-state index in [2.05, 4.69) is 9.72 Å². The Bertz CT molecular complexity index is 1050. The molecular weight excluding hydrogens is 376 g/mol. The van der Waals surface area contributed by atoms with Crippen molar-refractivity contribution in [2.75, 3.05) is 7.11 Å². The molecule has 8 heteroatoms. The Kier molecular flexibility index (Phi) is 6.04. The molecule has 0 spiro atoms. The van der Waals surface area contributed by atoms with Gasteiger partial charge in [0.05, 0.1) is 7.11 Å². The molecule has 29 heavy (non-hydrogen) atoms. The fourth-order valence-corrected chi connectivity index (χ4v) is 2.90. The van der Waals surface area contributed by atoms with Gasteiger partial charge in [-0.25, -0.2) is 4.79 Å². The van der Waals surface area contributed by atoms with Crippen molar-refractivity contribution in [2.24, 2.45) is 5.73 Å². The first-order chi connectivity index (χ1) is 13.9. The highest BCUT2D eigenvalue weighted by atomic mass is 16.5. The Morgan fingerprint density at radius 1 is 1.21 bits per heavy atom. The number of methoxy groups -OCH3 is 1. The number of aromatic hydroxyl groups is 1. The minimum Gasteiger partial charge on any atom is -0.492 e. The molecule has 0 aliphatic carbocycles. The fourth-order valence-electron chi connectivity index (χ4n) is 2.90. The summed E-state index contributed by atoms with van der Waals surface area (Å²) >= 11 is 0. The van der Waals surface area contributed by atoms with Gasteiger partial charge in [0.15, 0.2) is 5.76 Å². The lowest BCUT2D eigenvalue weighted by Crippen LogP contribution is -2.33. The van der Waals surface area contributed by atoms with Gasteiger partial charge >= 0.3 is 11.7 Å². The molecule has 1 atom stereocenters. The summed E-state index contributed by atoms with van der Waals surface area (Å²) in [5.74, 6) is 0.0607. The van der Waals surface area contributed by atoms with E-state index < -0.39 is 17.8 Å². The van der Waals surface area contributed by atoms with E-state index >= 15 is 0 Å². The van der Waals surface area contributed by atoms with Crippen molar-refractivity contribution < 1.29 is 23.8 Å². The molecule has 1 heterocycles. The van der Waals surface area contributed by atoms with Crippen molar-refractivity contribution in [3.05, 3.63) is 75.5 Å². The zero-order valence-corrected chi connectivity index (χ0v) is 16.1. The van der Waals surface area contributed by atoms with Crippen LogP contribution in [0.5, 0.6) is 17.4 Å². The van der Waals surface area contributed by atoms with E-state index in [0.717, 1.165) is 16.7 Å². The van der Waals surface area contributed by atoms with Gasteiger partial charge in [0.25, 0.3) is 0 Å². The molecule has 0 saturated heterocycles. The lowest BCUT2D eigenvalue weighted by atomic mass is 10.0. The van der Waals surface area contributed by atoms with Crippen LogP contribution in [-0.2, 0) is 22.4 Å². The summed E-state index contributed by atoms with van der Waals surface area (Å²) < 4.78 is 15.4. The lowest BCUT2D eigenvalue weighted by molar-refractivity contribution is -0.142. The number of H-pyrrole nitrogens is 1. The maximum atomic E-state index is 11.5. The Morgan fingerprint density at radius 3 is 2.48 bits per heavy atom. The van der Waals surface area contributed by atoms with E-state index in [9.17, 15) is 14.7 Å². The highest BCUT2D eigenvalue weighted by Gasteiger charge is 2.16. The Labute approximate surface area is 166 Å². The van der Waals surface area contributed by atoms with Crippen molar-refractivity contribution in [3.63, 3.8) is 0 Å². The maximum Gasteiger partial charge on any atom is 0.419 e. The topological polar surface area (TPSA) is 128 Å². The van der Waals surface area contributed by atoms with Gasteiger partial charge < -0.3 is 24.7 Å². The van der Waals surface area contributed by atoms with Crippen LogP contribution in [0.3, 0.4) is 0 Å². The normalized spacial score (nSPS) is 11.8. The molecule has 3 rings (SSSR count). The number of hydrogen-bond donors (Lipinski definition) is 3. The van der Waals surface area contributed by atoms with Crippen molar-refractivity contribution in [1.82, 2.24) is 4.98 Å². The second-order valence-electron chi connectivity index (χ2n) is 6.63. The number of carbonyl (C=O) groups excluding carboxylic acids is 1. The number of carbonyl (C=O) groups is 1. The number of esters is 1. The Morgan fingerprint density at radius 2 is 1.90 bits per heavy atom. The minimum absolute atomic E-state index is 0.181. The second kappa shape index (κ2) is 8.66. The number of aromatic nitrogens is 1. The molecule has 152 valence electrons. The average Bonchev–Trinajstić information content (AvgIpc) is 3.01. The fraction of sp³-hybridized carbons (Fsp3) is 0.238. The number of aromatic amines is 1. The third kappa shape index (κ3) is 5.05. The first-order valence-electron chi connectivity index (χ1n) is 8.96. The Balaban J connectivity index is 1.65. The summed E-state index contributed by atoms with van der Waals surface area (Å²) in [4.78, 5) is 24.8. The number of nitrogens with one attached hydrogen (secondary N) is 1. The van der Waals surface area contributed by atoms with Gasteiger partial charge in [0, 0.05) is 6.42 Å². The summed E-state index contributed by atoms with van der Waals surface area (Å²) in [6.07, 6.45) is 0.661.